The monoisotopic (exact) mass is 347 g/mol. The minimum atomic E-state index is -0.241. The Morgan fingerprint density at radius 2 is 2.04 bits per heavy atom. The van der Waals surface area contributed by atoms with Crippen LogP contribution in [0.1, 0.15) is 46.0 Å². The minimum absolute atomic E-state index is 0.0354. The van der Waals surface area contributed by atoms with Crippen molar-refractivity contribution in [2.45, 2.75) is 58.1 Å². The summed E-state index contributed by atoms with van der Waals surface area (Å²) in [5.74, 6) is 2.27. The van der Waals surface area contributed by atoms with Crippen molar-refractivity contribution in [2.75, 3.05) is 20.8 Å². The van der Waals surface area contributed by atoms with Gasteiger partial charge in [0.25, 0.3) is 0 Å². The number of amides is 1. The highest BCUT2D eigenvalue weighted by Gasteiger charge is 2.62. The van der Waals surface area contributed by atoms with E-state index in [1.165, 1.54) is 6.42 Å². The molecule has 4 rings (SSSR count). The average molecular weight is 347 g/mol. The lowest BCUT2D eigenvalue weighted by Gasteiger charge is -2.60. The molecule has 140 valence electrons. The molecule has 0 saturated heterocycles. The van der Waals surface area contributed by atoms with Crippen molar-refractivity contribution in [2.24, 2.45) is 34.5 Å². The van der Waals surface area contributed by atoms with Gasteiger partial charge in [0.05, 0.1) is 12.7 Å². The third-order valence-corrected chi connectivity index (χ3v) is 8.62. The van der Waals surface area contributed by atoms with Gasteiger partial charge >= 0.3 is 0 Å². The van der Waals surface area contributed by atoms with Crippen LogP contribution in [0, 0.1) is 34.5 Å². The Hall–Kier alpha value is -0.870. The zero-order chi connectivity index (χ0) is 18.0. The second-order valence-electron chi connectivity index (χ2n) is 9.56. The summed E-state index contributed by atoms with van der Waals surface area (Å²) in [6.07, 6.45) is 9.38. The molecule has 3 fully saturated rings. The molecule has 4 nitrogen and oxygen atoms in total. The summed E-state index contributed by atoms with van der Waals surface area (Å²) >= 11 is 0. The molecule has 25 heavy (non-hydrogen) atoms. The molecule has 1 amide bonds. The standard InChI is InChI=1S/C21H33NO3/c1-20-10-8-18(23)22(3)17(20)6-5-14-15(20)7-9-21(2)16(14)11-13(12-25-4)19(21)24/h8,10,13-17,19,24H,5-7,9,11-12H2,1-4H3/t13?,14-,15-,16+,17?,19?,20-,21+/m1/s1. The van der Waals surface area contributed by atoms with E-state index in [0.717, 1.165) is 25.7 Å². The van der Waals surface area contributed by atoms with E-state index in [1.54, 1.807) is 13.2 Å². The van der Waals surface area contributed by atoms with Gasteiger partial charge in [-0.1, -0.05) is 19.9 Å². The average Bonchev–Trinajstić information content (AvgIpc) is 2.84. The van der Waals surface area contributed by atoms with Crippen molar-refractivity contribution < 1.29 is 14.6 Å². The summed E-state index contributed by atoms with van der Waals surface area (Å²) in [5.41, 5.74) is 0.116. The molecule has 1 N–H and O–H groups in total. The van der Waals surface area contributed by atoms with Crippen molar-refractivity contribution in [3.8, 4) is 0 Å². The van der Waals surface area contributed by atoms with Gasteiger partial charge in [0.15, 0.2) is 0 Å². The topological polar surface area (TPSA) is 49.8 Å². The smallest absolute Gasteiger partial charge is 0.246 e. The predicted octanol–water partition coefficient (Wildman–Crippen LogP) is 2.86. The van der Waals surface area contributed by atoms with Gasteiger partial charge in [0, 0.05) is 31.5 Å². The number of carbonyl (C=O) groups excluding carboxylic acids is 1. The molecular weight excluding hydrogens is 314 g/mol. The fourth-order valence-corrected chi connectivity index (χ4v) is 7.26. The molecular formula is C21H33NO3. The Morgan fingerprint density at radius 3 is 2.76 bits per heavy atom. The number of fused-ring (bicyclic) bond motifs is 5. The molecule has 8 atom stereocenters. The number of aliphatic hydroxyl groups is 1. The number of rotatable bonds is 2. The van der Waals surface area contributed by atoms with Crippen LogP contribution in [0.25, 0.3) is 0 Å². The van der Waals surface area contributed by atoms with Crippen molar-refractivity contribution >= 4 is 5.91 Å². The number of nitrogens with zero attached hydrogens (tertiary/aromatic N) is 1. The fourth-order valence-electron chi connectivity index (χ4n) is 7.26. The van der Waals surface area contributed by atoms with Crippen LogP contribution in [0.2, 0.25) is 0 Å². The Bertz CT molecular complexity index is 590. The zero-order valence-electron chi connectivity index (χ0n) is 16.1. The van der Waals surface area contributed by atoms with Gasteiger partial charge < -0.3 is 14.7 Å². The van der Waals surface area contributed by atoms with Crippen LogP contribution in [0.4, 0.5) is 0 Å². The van der Waals surface area contributed by atoms with Crippen LogP contribution < -0.4 is 0 Å². The molecule has 0 radical (unpaired) electrons. The number of carbonyl (C=O) groups is 1. The lowest BCUT2D eigenvalue weighted by molar-refractivity contribution is -0.140. The van der Waals surface area contributed by atoms with E-state index in [-0.39, 0.29) is 28.8 Å². The first-order valence-corrected chi connectivity index (χ1v) is 9.96. The van der Waals surface area contributed by atoms with E-state index in [1.807, 2.05) is 11.9 Å². The van der Waals surface area contributed by atoms with E-state index >= 15 is 0 Å². The largest absolute Gasteiger partial charge is 0.392 e. The molecule has 1 heterocycles. The molecule has 0 bridgehead atoms. The number of methoxy groups -OCH3 is 1. The second-order valence-corrected chi connectivity index (χ2v) is 9.56. The van der Waals surface area contributed by atoms with E-state index in [2.05, 4.69) is 19.9 Å². The summed E-state index contributed by atoms with van der Waals surface area (Å²) in [5, 5.41) is 11.0. The molecule has 0 spiro atoms. The number of ether oxygens (including phenoxy) is 1. The first kappa shape index (κ1) is 17.5. The molecule has 0 aromatic carbocycles. The lowest BCUT2D eigenvalue weighted by atomic mass is 9.48. The third-order valence-electron chi connectivity index (χ3n) is 8.62. The van der Waals surface area contributed by atoms with E-state index in [9.17, 15) is 9.90 Å². The van der Waals surface area contributed by atoms with Crippen molar-refractivity contribution in [1.29, 1.82) is 0 Å². The zero-order valence-corrected chi connectivity index (χ0v) is 16.1. The van der Waals surface area contributed by atoms with E-state index < -0.39 is 0 Å². The fraction of sp³-hybridized carbons (Fsp3) is 0.857. The highest BCUT2D eigenvalue weighted by atomic mass is 16.5. The van der Waals surface area contributed by atoms with Crippen LogP contribution in [0.15, 0.2) is 12.2 Å². The molecule has 3 unspecified atom stereocenters. The first-order chi connectivity index (χ1) is 11.8. The van der Waals surface area contributed by atoms with Gasteiger partial charge in [-0.25, -0.2) is 0 Å². The Morgan fingerprint density at radius 1 is 1.28 bits per heavy atom. The first-order valence-electron chi connectivity index (χ1n) is 9.96. The van der Waals surface area contributed by atoms with Crippen LogP contribution in [0.5, 0.6) is 0 Å². The summed E-state index contributed by atoms with van der Waals surface area (Å²) in [6.45, 7) is 5.35. The molecule has 0 aromatic rings. The second kappa shape index (κ2) is 5.82. The van der Waals surface area contributed by atoms with Crippen LogP contribution in [0.3, 0.4) is 0 Å². The molecule has 3 aliphatic carbocycles. The normalized spacial score (nSPS) is 51.9. The summed E-state index contributed by atoms with van der Waals surface area (Å²) < 4.78 is 5.40. The Balaban J connectivity index is 1.65. The molecule has 4 heteroatoms. The van der Waals surface area contributed by atoms with Gasteiger partial charge in [-0.2, -0.15) is 0 Å². The van der Waals surface area contributed by atoms with E-state index in [0.29, 0.717) is 30.4 Å². The van der Waals surface area contributed by atoms with E-state index in [4.69, 9.17) is 4.74 Å². The molecule has 0 aromatic heterocycles. The third kappa shape index (κ3) is 2.29. The molecule has 4 aliphatic rings. The van der Waals surface area contributed by atoms with Crippen LogP contribution in [-0.2, 0) is 9.53 Å². The minimum Gasteiger partial charge on any atom is -0.392 e. The summed E-state index contributed by atoms with van der Waals surface area (Å²) in [6, 6.07) is 0.330. The van der Waals surface area contributed by atoms with Crippen LogP contribution >= 0.6 is 0 Å². The highest BCUT2D eigenvalue weighted by molar-refractivity contribution is 5.89. The SMILES string of the molecule is COCC1C[C@H]2[C@@H]3CCC4N(C)C(=O)C=C[C@]4(C)[C@@H]3CC[C@]2(C)C1O. The Labute approximate surface area is 151 Å². The predicted molar refractivity (Wildman–Crippen MR) is 96.8 cm³/mol. The number of hydrogen-bond acceptors (Lipinski definition) is 3. The van der Waals surface area contributed by atoms with Crippen molar-refractivity contribution in [1.82, 2.24) is 4.90 Å². The molecule has 1 aliphatic heterocycles. The van der Waals surface area contributed by atoms with Gasteiger partial charge in [0.1, 0.15) is 0 Å². The highest BCUT2D eigenvalue weighted by Crippen LogP contribution is 2.64. The summed E-state index contributed by atoms with van der Waals surface area (Å²) in [7, 11) is 3.71. The summed E-state index contributed by atoms with van der Waals surface area (Å²) in [4.78, 5) is 14.1. The maximum absolute atomic E-state index is 12.1. The maximum atomic E-state index is 12.1. The quantitative estimate of drug-likeness (QED) is 0.836. The van der Waals surface area contributed by atoms with Gasteiger partial charge in [-0.3, -0.25) is 4.79 Å². The van der Waals surface area contributed by atoms with Crippen molar-refractivity contribution in [3.05, 3.63) is 12.2 Å². The Kier molecular flexibility index (Phi) is 4.08. The maximum Gasteiger partial charge on any atom is 0.246 e. The molecule has 3 saturated carbocycles. The van der Waals surface area contributed by atoms with Gasteiger partial charge in [-0.05, 0) is 61.3 Å². The van der Waals surface area contributed by atoms with Gasteiger partial charge in [-0.15, -0.1) is 0 Å². The van der Waals surface area contributed by atoms with Crippen molar-refractivity contribution in [3.63, 3.8) is 0 Å². The number of likely N-dealkylation sites (N-methyl/N-ethyl adjacent to an activating group) is 1. The number of hydrogen-bond donors (Lipinski definition) is 1. The number of aliphatic hydroxyl groups excluding tert-OH is 1. The van der Waals surface area contributed by atoms with Crippen LogP contribution in [-0.4, -0.2) is 48.8 Å². The van der Waals surface area contributed by atoms with Gasteiger partial charge in [0.2, 0.25) is 5.91 Å². The lowest BCUT2D eigenvalue weighted by Crippen LogP contribution is -2.59.